The highest BCUT2D eigenvalue weighted by atomic mass is 14.2. The van der Waals surface area contributed by atoms with E-state index < -0.39 is 0 Å². The van der Waals surface area contributed by atoms with E-state index >= 15 is 0 Å². The van der Waals surface area contributed by atoms with Crippen molar-refractivity contribution in [2.75, 3.05) is 0 Å². The lowest BCUT2D eigenvalue weighted by atomic mass is 9.64. The molecular formula is C23H45B. The lowest BCUT2D eigenvalue weighted by Gasteiger charge is -2.25. The van der Waals surface area contributed by atoms with Crippen molar-refractivity contribution in [3.05, 3.63) is 12.2 Å². The third-order valence-corrected chi connectivity index (χ3v) is 5.13. The third-order valence-electron chi connectivity index (χ3n) is 5.13. The van der Waals surface area contributed by atoms with Crippen molar-refractivity contribution in [2.24, 2.45) is 5.92 Å². The van der Waals surface area contributed by atoms with Gasteiger partial charge in [-0.25, -0.2) is 0 Å². The van der Waals surface area contributed by atoms with Gasteiger partial charge in [0, 0.05) is 0 Å². The zero-order valence-electron chi connectivity index (χ0n) is 17.4. The third kappa shape index (κ3) is 18.1. The van der Waals surface area contributed by atoms with E-state index in [1.807, 2.05) is 0 Å². The molecule has 140 valence electrons. The van der Waals surface area contributed by atoms with Gasteiger partial charge in [0.2, 0.25) is 0 Å². The number of unbranched alkanes of at least 4 members (excludes halogenated alkanes) is 10. The molecule has 0 bridgehead atoms. The minimum absolute atomic E-state index is 0.0700. The summed E-state index contributed by atoms with van der Waals surface area (Å²) in [5.41, 5.74) is 0. The summed E-state index contributed by atoms with van der Waals surface area (Å²) in [4.78, 5) is 0. The van der Waals surface area contributed by atoms with Crippen molar-refractivity contribution in [1.82, 2.24) is 0 Å². The summed E-state index contributed by atoms with van der Waals surface area (Å²) >= 11 is 0. The van der Waals surface area contributed by atoms with Gasteiger partial charge in [-0.2, -0.15) is 0 Å². The number of hydrogen-bond donors (Lipinski definition) is 0. The van der Waals surface area contributed by atoms with Crippen LogP contribution < -0.4 is 0 Å². The Labute approximate surface area is 155 Å². The maximum Gasteiger partial charge on any atom is 0.0742 e. The van der Waals surface area contributed by atoms with Crippen molar-refractivity contribution in [2.45, 2.75) is 129 Å². The van der Waals surface area contributed by atoms with Crippen LogP contribution in [0.5, 0.6) is 0 Å². The van der Waals surface area contributed by atoms with Gasteiger partial charge >= 0.3 is 0 Å². The molecule has 0 N–H and O–H groups in total. The Kier molecular flexibility index (Phi) is 16.2. The molecule has 0 rings (SSSR count). The number of hydrogen-bond acceptors (Lipinski definition) is 0. The monoisotopic (exact) mass is 332 g/mol. The second-order valence-electron chi connectivity index (χ2n) is 8.58. The van der Waals surface area contributed by atoms with Crippen LogP contribution in [-0.4, -0.2) is 7.85 Å². The van der Waals surface area contributed by atoms with Crippen LogP contribution in [0.4, 0.5) is 0 Å². The van der Waals surface area contributed by atoms with Crippen LogP contribution in [0.15, 0.2) is 12.2 Å². The van der Waals surface area contributed by atoms with Gasteiger partial charge in [-0.1, -0.05) is 122 Å². The summed E-state index contributed by atoms with van der Waals surface area (Å²) in [5, 5.41) is 0.0700. The van der Waals surface area contributed by atoms with E-state index in [2.05, 4.69) is 39.8 Å². The van der Waals surface area contributed by atoms with E-state index in [1.54, 1.807) is 0 Å². The van der Waals surface area contributed by atoms with Gasteiger partial charge in [0.1, 0.15) is 0 Å². The second-order valence-corrected chi connectivity index (χ2v) is 8.58. The fourth-order valence-corrected chi connectivity index (χ4v) is 3.40. The lowest BCUT2D eigenvalue weighted by Crippen LogP contribution is -2.08. The number of allylic oxidation sites excluding steroid dienone is 2. The van der Waals surface area contributed by atoms with Crippen LogP contribution in [-0.2, 0) is 0 Å². The Hall–Kier alpha value is -0.195. The zero-order valence-corrected chi connectivity index (χ0v) is 17.4. The quantitative estimate of drug-likeness (QED) is 0.142. The molecule has 0 nitrogen and oxygen atoms in total. The average Bonchev–Trinajstić information content (AvgIpc) is 2.52. The van der Waals surface area contributed by atoms with E-state index in [1.165, 1.54) is 96.3 Å². The van der Waals surface area contributed by atoms with Crippen LogP contribution in [0, 0.1) is 5.92 Å². The Morgan fingerprint density at radius 2 is 1.21 bits per heavy atom. The first-order valence-electron chi connectivity index (χ1n) is 10.9. The molecule has 0 saturated heterocycles. The predicted octanol–water partition coefficient (Wildman–Crippen LogP) is 8.42. The Morgan fingerprint density at radius 1 is 0.750 bits per heavy atom. The largest absolute Gasteiger partial charge is 0.0917 e. The highest BCUT2D eigenvalue weighted by Crippen LogP contribution is 2.34. The minimum atomic E-state index is 0.0700. The van der Waals surface area contributed by atoms with E-state index in [0.29, 0.717) is 0 Å². The van der Waals surface area contributed by atoms with Crippen LogP contribution in [0.3, 0.4) is 0 Å². The van der Waals surface area contributed by atoms with Crippen molar-refractivity contribution >= 4 is 7.85 Å². The molecule has 0 aliphatic heterocycles. The van der Waals surface area contributed by atoms with Gasteiger partial charge in [-0.3, -0.25) is 0 Å². The molecule has 1 atom stereocenters. The second kappa shape index (κ2) is 16.3. The maximum atomic E-state index is 6.48. The SMILES string of the molecule is [B]C(C)(CCCCCC/C=C\C)CCCCCCCCCC(C)C. The maximum absolute atomic E-state index is 6.48. The molecule has 0 aromatic rings. The molecular weight excluding hydrogens is 287 g/mol. The number of rotatable bonds is 17. The van der Waals surface area contributed by atoms with E-state index in [4.69, 9.17) is 7.85 Å². The summed E-state index contributed by atoms with van der Waals surface area (Å²) in [6.07, 6.45) is 24.6. The molecule has 24 heavy (non-hydrogen) atoms. The zero-order chi connectivity index (χ0) is 18.1. The van der Waals surface area contributed by atoms with Crippen molar-refractivity contribution < 1.29 is 0 Å². The van der Waals surface area contributed by atoms with E-state index in [9.17, 15) is 0 Å². The summed E-state index contributed by atoms with van der Waals surface area (Å²) < 4.78 is 0. The smallest absolute Gasteiger partial charge is 0.0742 e. The van der Waals surface area contributed by atoms with Crippen LogP contribution >= 0.6 is 0 Å². The van der Waals surface area contributed by atoms with Crippen LogP contribution in [0.2, 0.25) is 5.31 Å². The highest BCUT2D eigenvalue weighted by Gasteiger charge is 2.15. The van der Waals surface area contributed by atoms with Gasteiger partial charge in [0.05, 0.1) is 7.85 Å². The molecule has 0 spiro atoms. The summed E-state index contributed by atoms with van der Waals surface area (Å²) in [6.45, 7) is 9.02. The Morgan fingerprint density at radius 3 is 1.71 bits per heavy atom. The Balaban J connectivity index is 3.37. The van der Waals surface area contributed by atoms with Gasteiger partial charge in [-0.15, -0.1) is 0 Å². The molecule has 2 radical (unpaired) electrons. The highest BCUT2D eigenvalue weighted by molar-refractivity contribution is 6.14. The first-order valence-corrected chi connectivity index (χ1v) is 10.9. The van der Waals surface area contributed by atoms with Crippen molar-refractivity contribution in [3.63, 3.8) is 0 Å². The average molecular weight is 332 g/mol. The van der Waals surface area contributed by atoms with Crippen molar-refractivity contribution in [3.8, 4) is 0 Å². The van der Waals surface area contributed by atoms with Gasteiger partial charge in [0.15, 0.2) is 0 Å². The lowest BCUT2D eigenvalue weighted by molar-refractivity contribution is 0.448. The fraction of sp³-hybridized carbons (Fsp3) is 0.913. The molecule has 0 aliphatic carbocycles. The molecule has 1 heteroatoms. The molecule has 0 saturated carbocycles. The summed E-state index contributed by atoms with van der Waals surface area (Å²) in [7, 11) is 6.48. The molecule has 0 aromatic carbocycles. The van der Waals surface area contributed by atoms with Gasteiger partial charge in [-0.05, 0) is 25.7 Å². The molecule has 0 aliphatic rings. The normalized spacial score (nSPS) is 14.5. The molecule has 1 unspecified atom stereocenters. The van der Waals surface area contributed by atoms with E-state index in [0.717, 1.165) is 5.92 Å². The molecule has 0 heterocycles. The fourth-order valence-electron chi connectivity index (χ4n) is 3.40. The summed E-state index contributed by atoms with van der Waals surface area (Å²) in [5.74, 6) is 0.875. The van der Waals surface area contributed by atoms with Crippen molar-refractivity contribution in [1.29, 1.82) is 0 Å². The molecule has 0 amide bonds. The van der Waals surface area contributed by atoms with Gasteiger partial charge in [0.25, 0.3) is 0 Å². The minimum Gasteiger partial charge on any atom is -0.0917 e. The van der Waals surface area contributed by atoms with E-state index in [-0.39, 0.29) is 5.31 Å². The molecule has 0 aromatic heterocycles. The molecule has 0 fully saturated rings. The Bertz CT molecular complexity index is 278. The standard InChI is InChI=1S/C23H45B/c1-5-6-7-8-11-14-17-20-23(4,24)21-18-15-12-9-10-13-16-19-22(2)3/h5-6,22H,7-21H2,1-4H3/b6-5-. The van der Waals surface area contributed by atoms with Gasteiger partial charge < -0.3 is 0 Å². The topological polar surface area (TPSA) is 0 Å². The van der Waals surface area contributed by atoms with Crippen LogP contribution in [0.25, 0.3) is 0 Å². The first kappa shape index (κ1) is 23.8. The predicted molar refractivity (Wildman–Crippen MR) is 113 cm³/mol. The first-order chi connectivity index (χ1) is 11.5. The summed E-state index contributed by atoms with van der Waals surface area (Å²) in [6, 6.07) is 0. The van der Waals surface area contributed by atoms with Crippen LogP contribution in [0.1, 0.15) is 124 Å².